The van der Waals surface area contributed by atoms with Gasteiger partial charge < -0.3 is 25.6 Å². The third kappa shape index (κ3) is 4.99. The Kier molecular flexibility index (Phi) is 7.03. The third-order valence-electron chi connectivity index (χ3n) is 9.72. The zero-order chi connectivity index (χ0) is 31.5. The summed E-state index contributed by atoms with van der Waals surface area (Å²) in [5.74, 6) is -0.698. The van der Waals surface area contributed by atoms with Crippen molar-refractivity contribution in [3.05, 3.63) is 71.3 Å². The minimum absolute atomic E-state index is 0.0111. The number of hydrogen-bond acceptors (Lipinski definition) is 7. The second kappa shape index (κ2) is 10.8. The average molecular weight is 614 g/mol. The highest BCUT2D eigenvalue weighted by Gasteiger charge is 2.47. The van der Waals surface area contributed by atoms with Crippen LogP contribution in [0.5, 0.6) is 11.5 Å². The minimum Gasteiger partial charge on any atom is -0.494 e. The zero-order valence-corrected chi connectivity index (χ0v) is 25.3. The standard InChI is InChI=1S/C34H36FN5O5/c1-33(32(36)42)18-45-30-25(33)15-27(38-29(30)19-7-9-23(35)10-8-19)34(43,22-5-3-4-6-22)17-37-31(41)20-13-21-16-40(24-11-12-24)39-28(21)26(14-20)44-2/h7-10,13-16,22,24,43H,3-6,11-12,17-18H2,1-2H3,(H2,36,42)(H,37,41)/t33-,34+/m0/s1. The molecular weight excluding hydrogens is 577 g/mol. The highest BCUT2D eigenvalue weighted by molar-refractivity contribution is 6.00. The quantitative estimate of drug-likeness (QED) is 0.252. The lowest BCUT2D eigenvalue weighted by atomic mass is 9.78. The smallest absolute Gasteiger partial charge is 0.251 e. The molecule has 1 aliphatic heterocycles. The number of methoxy groups -OCH3 is 1. The van der Waals surface area contributed by atoms with Crippen LogP contribution < -0.4 is 20.5 Å². The first-order valence-corrected chi connectivity index (χ1v) is 15.4. The first kappa shape index (κ1) is 29.2. The number of nitrogens with one attached hydrogen (secondary N) is 1. The van der Waals surface area contributed by atoms with Crippen molar-refractivity contribution in [1.82, 2.24) is 20.1 Å². The van der Waals surface area contributed by atoms with Gasteiger partial charge in [-0.2, -0.15) is 5.10 Å². The number of rotatable bonds is 9. The molecule has 45 heavy (non-hydrogen) atoms. The molecule has 2 saturated carbocycles. The van der Waals surface area contributed by atoms with E-state index < -0.39 is 22.7 Å². The Bertz CT molecular complexity index is 1810. The van der Waals surface area contributed by atoms with Crippen LogP contribution >= 0.6 is 0 Å². The molecule has 2 aromatic carbocycles. The number of primary amides is 1. The molecule has 0 radical (unpaired) electrons. The molecule has 2 atom stereocenters. The normalized spacial score (nSPS) is 20.9. The highest BCUT2D eigenvalue weighted by Crippen LogP contribution is 2.48. The molecule has 10 nitrogen and oxygen atoms in total. The average Bonchev–Trinajstić information content (AvgIpc) is 3.40. The fourth-order valence-electron chi connectivity index (χ4n) is 6.71. The molecule has 0 bridgehead atoms. The van der Waals surface area contributed by atoms with Crippen molar-refractivity contribution in [3.63, 3.8) is 0 Å². The van der Waals surface area contributed by atoms with Gasteiger partial charge in [-0.15, -0.1) is 0 Å². The Morgan fingerprint density at radius 2 is 1.91 bits per heavy atom. The molecule has 2 amide bonds. The van der Waals surface area contributed by atoms with Crippen molar-refractivity contribution in [1.29, 1.82) is 0 Å². The minimum atomic E-state index is -1.58. The summed E-state index contributed by atoms with van der Waals surface area (Å²) in [5.41, 5.74) is 5.92. The Labute approximate surface area is 259 Å². The van der Waals surface area contributed by atoms with Crippen molar-refractivity contribution in [2.24, 2.45) is 11.7 Å². The molecule has 2 aliphatic carbocycles. The number of ether oxygens (including phenoxy) is 2. The lowest BCUT2D eigenvalue weighted by Gasteiger charge is -2.35. The van der Waals surface area contributed by atoms with E-state index in [2.05, 4.69) is 10.4 Å². The topological polar surface area (TPSA) is 142 Å². The molecule has 4 aromatic rings. The summed E-state index contributed by atoms with van der Waals surface area (Å²) in [6.07, 6.45) is 7.42. The summed E-state index contributed by atoms with van der Waals surface area (Å²) in [5, 5.41) is 21.0. The van der Waals surface area contributed by atoms with Gasteiger partial charge in [0.05, 0.1) is 25.4 Å². The van der Waals surface area contributed by atoms with Crippen LogP contribution in [-0.2, 0) is 15.8 Å². The number of fused-ring (bicyclic) bond motifs is 2. The summed E-state index contributed by atoms with van der Waals surface area (Å²) in [7, 11) is 1.55. The second-order valence-electron chi connectivity index (χ2n) is 12.8. The number of hydrogen-bond donors (Lipinski definition) is 3. The molecule has 3 aliphatic rings. The van der Waals surface area contributed by atoms with Gasteiger partial charge in [0.2, 0.25) is 5.91 Å². The molecule has 234 valence electrons. The van der Waals surface area contributed by atoms with Gasteiger partial charge >= 0.3 is 0 Å². The third-order valence-corrected chi connectivity index (χ3v) is 9.72. The van der Waals surface area contributed by atoms with Crippen LogP contribution in [0.15, 0.2) is 48.7 Å². The van der Waals surface area contributed by atoms with Gasteiger partial charge in [-0.1, -0.05) is 12.8 Å². The van der Waals surface area contributed by atoms with Crippen LogP contribution in [0.4, 0.5) is 4.39 Å². The fourth-order valence-corrected chi connectivity index (χ4v) is 6.71. The van der Waals surface area contributed by atoms with Crippen LogP contribution in [0.1, 0.15) is 73.1 Å². The van der Waals surface area contributed by atoms with E-state index in [4.69, 9.17) is 20.2 Å². The second-order valence-corrected chi connectivity index (χ2v) is 12.8. The number of aromatic nitrogens is 3. The number of carbonyl (C=O) groups excluding carboxylic acids is 2. The van der Waals surface area contributed by atoms with Crippen LogP contribution in [-0.4, -0.2) is 51.9 Å². The summed E-state index contributed by atoms with van der Waals surface area (Å²) in [6.45, 7) is 1.59. The predicted octanol–water partition coefficient (Wildman–Crippen LogP) is 4.52. The number of nitrogens with zero attached hydrogens (tertiary/aromatic N) is 3. The lowest BCUT2D eigenvalue weighted by molar-refractivity contribution is -0.123. The molecule has 4 N–H and O–H groups in total. The largest absolute Gasteiger partial charge is 0.494 e. The van der Waals surface area contributed by atoms with Crippen molar-refractivity contribution < 1.29 is 28.6 Å². The first-order chi connectivity index (χ1) is 21.6. The van der Waals surface area contributed by atoms with Crippen LogP contribution in [0.2, 0.25) is 0 Å². The maximum Gasteiger partial charge on any atom is 0.251 e. The summed E-state index contributed by atoms with van der Waals surface area (Å²) in [6, 6.07) is 11.3. The number of benzene rings is 2. The maximum absolute atomic E-state index is 13.9. The van der Waals surface area contributed by atoms with Gasteiger partial charge in [0.15, 0.2) is 0 Å². The van der Waals surface area contributed by atoms with Crippen LogP contribution in [0.25, 0.3) is 22.2 Å². The molecule has 11 heteroatoms. The van der Waals surface area contributed by atoms with E-state index in [0.717, 1.165) is 43.9 Å². The Morgan fingerprint density at radius 3 is 2.58 bits per heavy atom. The molecule has 2 aromatic heterocycles. The summed E-state index contributed by atoms with van der Waals surface area (Å²) < 4.78 is 27.4. The van der Waals surface area contributed by atoms with Gasteiger partial charge in [-0.05, 0) is 81.0 Å². The molecule has 0 saturated heterocycles. The van der Waals surface area contributed by atoms with Crippen molar-refractivity contribution in [2.75, 3.05) is 20.3 Å². The Balaban J connectivity index is 1.28. The number of amides is 2. The number of pyridine rings is 1. The molecule has 0 unspecified atom stereocenters. The van der Waals surface area contributed by atoms with Crippen LogP contribution in [0, 0.1) is 11.7 Å². The predicted molar refractivity (Wildman–Crippen MR) is 164 cm³/mol. The van der Waals surface area contributed by atoms with E-state index in [9.17, 15) is 19.1 Å². The number of aliphatic hydroxyl groups is 1. The van der Waals surface area contributed by atoms with Crippen molar-refractivity contribution in [3.8, 4) is 22.8 Å². The van der Waals surface area contributed by atoms with E-state index in [0.29, 0.717) is 51.1 Å². The highest BCUT2D eigenvalue weighted by atomic mass is 19.1. The number of carbonyl (C=O) groups is 2. The number of halogens is 1. The Morgan fingerprint density at radius 1 is 1.18 bits per heavy atom. The van der Waals surface area contributed by atoms with Gasteiger partial charge in [0.25, 0.3) is 5.91 Å². The zero-order valence-electron chi connectivity index (χ0n) is 25.3. The van der Waals surface area contributed by atoms with Gasteiger partial charge in [-0.3, -0.25) is 14.3 Å². The fraction of sp³-hybridized carbons (Fsp3) is 0.412. The van der Waals surface area contributed by atoms with E-state index in [1.54, 1.807) is 44.4 Å². The Hall–Kier alpha value is -4.51. The van der Waals surface area contributed by atoms with Crippen LogP contribution in [0.3, 0.4) is 0 Å². The van der Waals surface area contributed by atoms with E-state index >= 15 is 0 Å². The van der Waals surface area contributed by atoms with Crippen molar-refractivity contribution in [2.45, 2.75) is 62.5 Å². The lowest BCUT2D eigenvalue weighted by Crippen LogP contribution is -2.46. The van der Waals surface area contributed by atoms with Gasteiger partial charge in [0.1, 0.15) is 46.1 Å². The molecule has 0 spiro atoms. The number of nitrogens with two attached hydrogens (primary N) is 1. The van der Waals surface area contributed by atoms with E-state index in [-0.39, 0.29) is 25.0 Å². The summed E-state index contributed by atoms with van der Waals surface area (Å²) in [4.78, 5) is 31.3. The van der Waals surface area contributed by atoms with Gasteiger partial charge in [-0.25, -0.2) is 9.37 Å². The van der Waals surface area contributed by atoms with E-state index in [1.165, 1.54) is 12.1 Å². The SMILES string of the molecule is COc1cc(C(=O)NC[C@](O)(c2cc3c(c(-c4ccc(F)cc4)n2)OC[C@]3(C)C(N)=O)C2CCCC2)cc2cn(C3CC3)nc12. The maximum atomic E-state index is 13.9. The first-order valence-electron chi connectivity index (χ1n) is 15.4. The van der Waals surface area contributed by atoms with Crippen molar-refractivity contribution >= 4 is 22.7 Å². The molecular formula is C34H36FN5O5. The van der Waals surface area contributed by atoms with Gasteiger partial charge in [0, 0.05) is 28.3 Å². The monoisotopic (exact) mass is 613 g/mol. The summed E-state index contributed by atoms with van der Waals surface area (Å²) >= 11 is 0. The molecule has 3 heterocycles. The molecule has 7 rings (SSSR count). The molecule has 2 fully saturated rings. The van der Waals surface area contributed by atoms with E-state index in [1.807, 2.05) is 10.9 Å².